The van der Waals surface area contributed by atoms with Crippen LogP contribution in [0.1, 0.15) is 12.8 Å². The van der Waals surface area contributed by atoms with Gasteiger partial charge < -0.3 is 5.11 Å². The fourth-order valence-corrected chi connectivity index (χ4v) is 0.427. The Labute approximate surface area is 59.5 Å². The van der Waals surface area contributed by atoms with Crippen LogP contribution in [0, 0.1) is 11.8 Å². The van der Waals surface area contributed by atoms with Gasteiger partial charge in [0.2, 0.25) is 0 Å². The Morgan fingerprint density at radius 2 is 2.30 bits per heavy atom. The van der Waals surface area contributed by atoms with Crippen molar-refractivity contribution in [3.63, 3.8) is 0 Å². The first kappa shape index (κ1) is 8.83. The van der Waals surface area contributed by atoms with Crippen LogP contribution in [-0.4, -0.2) is 18.3 Å². The normalized spacial score (nSPS) is 7.30. The number of aliphatic hydroxyl groups excluding tert-OH is 1. The monoisotopic (exact) mass is 139 g/mol. The molecule has 0 fully saturated rings. The molecular weight excluding hydrogens is 130 g/mol. The van der Waals surface area contributed by atoms with Crippen molar-refractivity contribution in [3.8, 4) is 11.8 Å². The summed E-state index contributed by atoms with van der Waals surface area (Å²) >= 11 is 0. The second kappa shape index (κ2) is 7.83. The van der Waals surface area contributed by atoms with E-state index in [1.165, 1.54) is 0 Å². The zero-order valence-electron chi connectivity index (χ0n) is 5.62. The fraction of sp³-hybridized carbons (Fsp3) is 0.667. The van der Waals surface area contributed by atoms with Crippen LogP contribution in [0.4, 0.5) is 0 Å². The Bertz CT molecular complexity index is 173. The first-order chi connectivity index (χ1) is 4.91. The quantitative estimate of drug-likeness (QED) is 0.205. The maximum Gasteiger partial charge on any atom is 0.104 e. The SMILES string of the molecule is [N-]=[N+]=NCCCC#CCO. The van der Waals surface area contributed by atoms with E-state index >= 15 is 0 Å². The van der Waals surface area contributed by atoms with E-state index in [-0.39, 0.29) is 6.61 Å². The van der Waals surface area contributed by atoms with Gasteiger partial charge in [0, 0.05) is 17.9 Å². The predicted octanol–water partition coefficient (Wildman–Crippen LogP) is 1.07. The van der Waals surface area contributed by atoms with Crippen molar-refractivity contribution >= 4 is 0 Å². The minimum atomic E-state index is -0.0957. The third kappa shape index (κ3) is 6.83. The highest BCUT2D eigenvalue weighted by molar-refractivity contribution is 4.98. The Balaban J connectivity index is 3.12. The van der Waals surface area contributed by atoms with E-state index in [1.54, 1.807) is 0 Å². The predicted molar refractivity (Wildman–Crippen MR) is 38.1 cm³/mol. The van der Waals surface area contributed by atoms with Gasteiger partial charge in [0.1, 0.15) is 6.61 Å². The zero-order valence-corrected chi connectivity index (χ0v) is 5.62. The lowest BCUT2D eigenvalue weighted by atomic mass is 10.3. The molecule has 0 bridgehead atoms. The van der Waals surface area contributed by atoms with Gasteiger partial charge in [-0.3, -0.25) is 0 Å². The highest BCUT2D eigenvalue weighted by atomic mass is 16.2. The Morgan fingerprint density at radius 1 is 1.50 bits per heavy atom. The van der Waals surface area contributed by atoms with Crippen molar-refractivity contribution in [1.82, 2.24) is 0 Å². The lowest BCUT2D eigenvalue weighted by Crippen LogP contribution is -1.77. The minimum absolute atomic E-state index is 0.0957. The van der Waals surface area contributed by atoms with Crippen LogP contribution in [0.5, 0.6) is 0 Å². The molecule has 0 saturated carbocycles. The number of rotatable bonds is 3. The largest absolute Gasteiger partial charge is 0.384 e. The van der Waals surface area contributed by atoms with Gasteiger partial charge in [-0.25, -0.2) is 0 Å². The molecule has 0 aliphatic carbocycles. The molecule has 0 aliphatic rings. The lowest BCUT2D eigenvalue weighted by molar-refractivity contribution is 0.350. The summed E-state index contributed by atoms with van der Waals surface area (Å²) < 4.78 is 0. The number of hydrogen-bond acceptors (Lipinski definition) is 2. The topological polar surface area (TPSA) is 69.0 Å². The number of nitrogens with zero attached hydrogens (tertiary/aromatic N) is 3. The smallest absolute Gasteiger partial charge is 0.104 e. The van der Waals surface area contributed by atoms with Crippen LogP contribution in [0.25, 0.3) is 10.4 Å². The summed E-state index contributed by atoms with van der Waals surface area (Å²) in [7, 11) is 0. The second-order valence-electron chi connectivity index (χ2n) is 1.57. The molecule has 0 aliphatic heterocycles. The number of hydrogen-bond donors (Lipinski definition) is 1. The summed E-state index contributed by atoms with van der Waals surface area (Å²) in [6.45, 7) is 0.387. The van der Waals surface area contributed by atoms with E-state index in [0.29, 0.717) is 13.0 Å². The Morgan fingerprint density at radius 3 is 2.90 bits per heavy atom. The van der Waals surface area contributed by atoms with E-state index in [1.807, 2.05) is 0 Å². The van der Waals surface area contributed by atoms with Gasteiger partial charge in [0.25, 0.3) is 0 Å². The summed E-state index contributed by atoms with van der Waals surface area (Å²) in [4.78, 5) is 2.58. The molecule has 0 aromatic rings. The first-order valence-electron chi connectivity index (χ1n) is 2.99. The van der Waals surface area contributed by atoms with Crippen LogP contribution in [0.3, 0.4) is 0 Å². The minimum Gasteiger partial charge on any atom is -0.384 e. The van der Waals surface area contributed by atoms with Crippen LogP contribution in [-0.2, 0) is 0 Å². The Hall–Kier alpha value is -1.17. The molecule has 4 nitrogen and oxygen atoms in total. The molecule has 0 aromatic heterocycles. The average molecular weight is 139 g/mol. The first-order valence-corrected chi connectivity index (χ1v) is 2.99. The summed E-state index contributed by atoms with van der Waals surface area (Å²) in [6, 6.07) is 0. The zero-order chi connectivity index (χ0) is 7.66. The van der Waals surface area contributed by atoms with Crippen molar-refractivity contribution < 1.29 is 5.11 Å². The van der Waals surface area contributed by atoms with E-state index < -0.39 is 0 Å². The van der Waals surface area contributed by atoms with Gasteiger partial charge in [0.15, 0.2) is 0 Å². The highest BCUT2D eigenvalue weighted by Crippen LogP contribution is 1.86. The lowest BCUT2D eigenvalue weighted by Gasteiger charge is -1.82. The maximum absolute atomic E-state index is 8.21. The molecule has 0 radical (unpaired) electrons. The van der Waals surface area contributed by atoms with E-state index in [0.717, 1.165) is 6.42 Å². The molecule has 10 heavy (non-hydrogen) atoms. The van der Waals surface area contributed by atoms with Crippen LogP contribution in [0.15, 0.2) is 5.11 Å². The summed E-state index contributed by atoms with van der Waals surface area (Å²) in [5, 5.41) is 11.5. The van der Waals surface area contributed by atoms with Crippen molar-refractivity contribution in [2.24, 2.45) is 5.11 Å². The van der Waals surface area contributed by atoms with E-state index in [4.69, 9.17) is 10.6 Å². The summed E-state index contributed by atoms with van der Waals surface area (Å²) in [5.74, 6) is 5.21. The third-order valence-corrected chi connectivity index (χ3v) is 0.827. The fourth-order valence-electron chi connectivity index (χ4n) is 0.427. The van der Waals surface area contributed by atoms with E-state index in [2.05, 4.69) is 21.9 Å². The van der Waals surface area contributed by atoms with Crippen LogP contribution >= 0.6 is 0 Å². The summed E-state index contributed by atoms with van der Waals surface area (Å²) in [5.41, 5.74) is 7.85. The van der Waals surface area contributed by atoms with Crippen LogP contribution in [0.2, 0.25) is 0 Å². The second-order valence-corrected chi connectivity index (χ2v) is 1.57. The van der Waals surface area contributed by atoms with Gasteiger partial charge in [-0.05, 0) is 12.0 Å². The molecule has 54 valence electrons. The molecule has 4 heteroatoms. The van der Waals surface area contributed by atoms with Crippen molar-refractivity contribution in [1.29, 1.82) is 0 Å². The van der Waals surface area contributed by atoms with E-state index in [9.17, 15) is 0 Å². The van der Waals surface area contributed by atoms with Crippen molar-refractivity contribution in [2.45, 2.75) is 12.8 Å². The van der Waals surface area contributed by atoms with Gasteiger partial charge in [0.05, 0.1) is 0 Å². The summed E-state index contributed by atoms with van der Waals surface area (Å²) in [6.07, 6.45) is 1.44. The molecule has 0 atom stereocenters. The van der Waals surface area contributed by atoms with Crippen LogP contribution < -0.4 is 0 Å². The molecule has 0 spiro atoms. The molecule has 0 unspecified atom stereocenters. The molecule has 0 rings (SSSR count). The average Bonchev–Trinajstić information content (AvgIpc) is 1.97. The number of unbranched alkanes of at least 4 members (excludes halogenated alkanes) is 1. The van der Waals surface area contributed by atoms with Crippen molar-refractivity contribution in [3.05, 3.63) is 10.4 Å². The molecule has 0 amide bonds. The Kier molecular flexibility index (Phi) is 6.91. The molecule has 0 aromatic carbocycles. The van der Waals surface area contributed by atoms with Gasteiger partial charge in [-0.1, -0.05) is 11.0 Å². The third-order valence-electron chi connectivity index (χ3n) is 0.827. The maximum atomic E-state index is 8.21. The highest BCUT2D eigenvalue weighted by Gasteiger charge is 1.78. The molecular formula is C6H9N3O. The van der Waals surface area contributed by atoms with Gasteiger partial charge in [-0.2, -0.15) is 0 Å². The van der Waals surface area contributed by atoms with Gasteiger partial charge >= 0.3 is 0 Å². The number of aliphatic hydroxyl groups is 1. The molecule has 0 saturated heterocycles. The van der Waals surface area contributed by atoms with Crippen molar-refractivity contribution in [2.75, 3.05) is 13.2 Å². The van der Waals surface area contributed by atoms with Gasteiger partial charge in [-0.15, -0.1) is 5.92 Å². The molecule has 1 N–H and O–H groups in total. The number of azide groups is 1. The molecule has 0 heterocycles. The standard InChI is InChI=1S/C6H9N3O/c7-9-8-5-3-1-2-4-6-10/h10H,1,3,5-6H2.